The normalized spacial score (nSPS) is 26.0. The fourth-order valence-electron chi connectivity index (χ4n) is 3.13. The maximum atomic E-state index is 10.2. The van der Waals surface area contributed by atoms with Crippen molar-refractivity contribution < 1.29 is 14.6 Å². The summed E-state index contributed by atoms with van der Waals surface area (Å²) in [5, 5.41) is 13.6. The lowest BCUT2D eigenvalue weighted by Gasteiger charge is -2.34. The third kappa shape index (κ3) is 3.39. The second-order valence-electron chi connectivity index (χ2n) is 6.48. The molecule has 0 spiro atoms. The van der Waals surface area contributed by atoms with E-state index in [2.05, 4.69) is 31.3 Å². The van der Waals surface area contributed by atoms with Crippen LogP contribution in [0, 0.1) is 5.41 Å². The molecule has 1 aromatic rings. The van der Waals surface area contributed by atoms with E-state index in [0.29, 0.717) is 6.61 Å². The second kappa shape index (κ2) is 7.34. The molecule has 2 rings (SSSR count). The van der Waals surface area contributed by atoms with Crippen LogP contribution in [0.5, 0.6) is 11.5 Å². The molecule has 4 heteroatoms. The van der Waals surface area contributed by atoms with E-state index in [0.717, 1.165) is 37.4 Å². The van der Waals surface area contributed by atoms with E-state index >= 15 is 0 Å². The van der Waals surface area contributed by atoms with Crippen LogP contribution in [0.4, 0.5) is 0 Å². The molecule has 1 aliphatic heterocycles. The number of unbranched alkanes of at least 4 members (excludes halogenated alkanes) is 1. The van der Waals surface area contributed by atoms with Gasteiger partial charge in [0.15, 0.2) is 11.5 Å². The van der Waals surface area contributed by atoms with Gasteiger partial charge in [-0.1, -0.05) is 26.3 Å². The molecule has 2 N–H and O–H groups in total. The highest BCUT2D eigenvalue weighted by atomic mass is 16.5. The van der Waals surface area contributed by atoms with Crippen LogP contribution in [-0.2, 0) is 0 Å². The molecule has 0 unspecified atom stereocenters. The molecular formula is C18H29NO3. The first kappa shape index (κ1) is 17.1. The molecule has 1 aromatic carbocycles. The first-order valence-electron chi connectivity index (χ1n) is 8.22. The molecule has 124 valence electrons. The molecule has 0 radical (unpaired) electrons. The predicted octanol–water partition coefficient (Wildman–Crippen LogP) is 2.95. The minimum atomic E-state index is -0.362. The summed E-state index contributed by atoms with van der Waals surface area (Å²) < 4.78 is 11.3. The summed E-state index contributed by atoms with van der Waals surface area (Å²) in [4.78, 5) is 0. The van der Waals surface area contributed by atoms with Gasteiger partial charge in [-0.15, -0.1) is 0 Å². The Morgan fingerprint density at radius 1 is 1.41 bits per heavy atom. The van der Waals surface area contributed by atoms with Crippen molar-refractivity contribution in [2.24, 2.45) is 5.41 Å². The van der Waals surface area contributed by atoms with E-state index < -0.39 is 0 Å². The van der Waals surface area contributed by atoms with Gasteiger partial charge in [0.05, 0.1) is 19.8 Å². The highest BCUT2D eigenvalue weighted by Crippen LogP contribution is 2.43. The van der Waals surface area contributed by atoms with Crippen LogP contribution in [0.3, 0.4) is 0 Å². The molecule has 1 heterocycles. The standard InChI is InChI=1S/C18H29NO3/c1-5-6-9-22-17-10-14(7-8-16(17)21-4)15-11-19-12-18(15,3)13(2)20/h7-8,10,13,15,19-20H,5-6,9,11-12H2,1-4H3/t13-,15+,18+/m1/s1. The third-order valence-electron chi connectivity index (χ3n) is 4.95. The Morgan fingerprint density at radius 2 is 2.18 bits per heavy atom. The van der Waals surface area contributed by atoms with Crippen molar-refractivity contribution in [1.82, 2.24) is 5.32 Å². The van der Waals surface area contributed by atoms with Gasteiger partial charge < -0.3 is 19.9 Å². The number of hydrogen-bond donors (Lipinski definition) is 2. The molecule has 0 aromatic heterocycles. The maximum absolute atomic E-state index is 10.2. The fourth-order valence-corrected chi connectivity index (χ4v) is 3.13. The minimum absolute atomic E-state index is 0.157. The zero-order chi connectivity index (χ0) is 16.2. The predicted molar refractivity (Wildman–Crippen MR) is 88.8 cm³/mol. The number of rotatable bonds is 7. The van der Waals surface area contributed by atoms with Crippen molar-refractivity contribution in [2.45, 2.75) is 45.6 Å². The van der Waals surface area contributed by atoms with E-state index in [1.165, 1.54) is 5.56 Å². The van der Waals surface area contributed by atoms with Crippen LogP contribution in [0.2, 0.25) is 0 Å². The largest absolute Gasteiger partial charge is 0.493 e. The van der Waals surface area contributed by atoms with Crippen molar-refractivity contribution in [3.63, 3.8) is 0 Å². The number of aliphatic hydroxyl groups is 1. The second-order valence-corrected chi connectivity index (χ2v) is 6.48. The molecule has 22 heavy (non-hydrogen) atoms. The SMILES string of the molecule is CCCCOc1cc([C@@H]2CNC[C@@]2(C)[C@@H](C)O)ccc1OC. The van der Waals surface area contributed by atoms with Crippen LogP contribution in [0.1, 0.15) is 45.1 Å². The first-order valence-corrected chi connectivity index (χ1v) is 8.22. The molecule has 1 fully saturated rings. The maximum Gasteiger partial charge on any atom is 0.161 e. The van der Waals surface area contributed by atoms with Gasteiger partial charge >= 0.3 is 0 Å². The molecule has 0 amide bonds. The van der Waals surface area contributed by atoms with E-state index in [1.54, 1.807) is 7.11 Å². The highest BCUT2D eigenvalue weighted by Gasteiger charge is 2.43. The van der Waals surface area contributed by atoms with Gasteiger partial charge in [0.1, 0.15) is 0 Å². The molecule has 4 nitrogen and oxygen atoms in total. The van der Waals surface area contributed by atoms with Gasteiger partial charge in [-0.2, -0.15) is 0 Å². The molecule has 0 saturated carbocycles. The number of ether oxygens (including phenoxy) is 2. The summed E-state index contributed by atoms with van der Waals surface area (Å²) in [6.45, 7) is 8.57. The Morgan fingerprint density at radius 3 is 2.82 bits per heavy atom. The van der Waals surface area contributed by atoms with Gasteiger partial charge in [0.25, 0.3) is 0 Å². The summed E-state index contributed by atoms with van der Waals surface area (Å²) in [7, 11) is 1.67. The molecule has 1 aliphatic rings. The smallest absolute Gasteiger partial charge is 0.161 e. The van der Waals surface area contributed by atoms with Crippen molar-refractivity contribution >= 4 is 0 Å². The third-order valence-corrected chi connectivity index (χ3v) is 4.95. The minimum Gasteiger partial charge on any atom is -0.493 e. The Bertz CT molecular complexity index is 489. The van der Waals surface area contributed by atoms with Crippen molar-refractivity contribution in [1.29, 1.82) is 0 Å². The Labute approximate surface area is 133 Å². The number of benzene rings is 1. The van der Waals surface area contributed by atoms with Crippen molar-refractivity contribution in [3.05, 3.63) is 23.8 Å². The average molecular weight is 307 g/mol. The summed E-state index contributed by atoms with van der Waals surface area (Å²) >= 11 is 0. The first-order chi connectivity index (χ1) is 10.5. The monoisotopic (exact) mass is 307 g/mol. The van der Waals surface area contributed by atoms with E-state index in [9.17, 15) is 5.11 Å². The number of hydrogen-bond acceptors (Lipinski definition) is 4. The molecule has 3 atom stereocenters. The van der Waals surface area contributed by atoms with Gasteiger partial charge in [-0.25, -0.2) is 0 Å². The van der Waals surface area contributed by atoms with Gasteiger partial charge in [-0.3, -0.25) is 0 Å². The summed E-state index contributed by atoms with van der Waals surface area (Å²) in [5.41, 5.74) is 1.04. The number of aliphatic hydroxyl groups excluding tert-OH is 1. The van der Waals surface area contributed by atoms with Crippen LogP contribution >= 0.6 is 0 Å². The van der Waals surface area contributed by atoms with Crippen LogP contribution in [0.15, 0.2) is 18.2 Å². The Hall–Kier alpha value is -1.26. The average Bonchev–Trinajstić information content (AvgIpc) is 2.91. The summed E-state index contributed by atoms with van der Waals surface area (Å²) in [6, 6.07) is 6.13. The number of methoxy groups -OCH3 is 1. The summed E-state index contributed by atoms with van der Waals surface area (Å²) in [5.74, 6) is 1.84. The van der Waals surface area contributed by atoms with Gasteiger partial charge in [-0.05, 0) is 31.0 Å². The summed E-state index contributed by atoms with van der Waals surface area (Å²) in [6.07, 6.45) is 1.78. The zero-order valence-electron chi connectivity index (χ0n) is 14.2. The van der Waals surface area contributed by atoms with Crippen LogP contribution in [-0.4, -0.2) is 38.0 Å². The van der Waals surface area contributed by atoms with Gasteiger partial charge in [0, 0.05) is 24.4 Å². The lowest BCUT2D eigenvalue weighted by atomic mass is 9.72. The topological polar surface area (TPSA) is 50.7 Å². The highest BCUT2D eigenvalue weighted by molar-refractivity contribution is 5.45. The van der Waals surface area contributed by atoms with Gasteiger partial charge in [0.2, 0.25) is 0 Å². The lowest BCUT2D eigenvalue weighted by Crippen LogP contribution is -2.36. The lowest BCUT2D eigenvalue weighted by molar-refractivity contribution is 0.0549. The van der Waals surface area contributed by atoms with Crippen LogP contribution < -0.4 is 14.8 Å². The molecular weight excluding hydrogens is 278 g/mol. The quantitative estimate of drug-likeness (QED) is 0.761. The van der Waals surface area contributed by atoms with Crippen molar-refractivity contribution in [3.8, 4) is 11.5 Å². The van der Waals surface area contributed by atoms with E-state index in [4.69, 9.17) is 9.47 Å². The fraction of sp³-hybridized carbons (Fsp3) is 0.667. The molecule has 0 bridgehead atoms. The van der Waals surface area contributed by atoms with Crippen molar-refractivity contribution in [2.75, 3.05) is 26.8 Å². The number of nitrogens with one attached hydrogen (secondary N) is 1. The zero-order valence-corrected chi connectivity index (χ0v) is 14.2. The molecule has 1 saturated heterocycles. The van der Waals surface area contributed by atoms with E-state index in [-0.39, 0.29) is 17.4 Å². The van der Waals surface area contributed by atoms with E-state index in [1.807, 2.05) is 13.0 Å². The Balaban J connectivity index is 2.25. The van der Waals surface area contributed by atoms with Crippen LogP contribution in [0.25, 0.3) is 0 Å². The molecule has 0 aliphatic carbocycles. The Kier molecular flexibility index (Phi) is 5.70.